The van der Waals surface area contributed by atoms with Crippen LogP contribution in [0.3, 0.4) is 0 Å². The van der Waals surface area contributed by atoms with Gasteiger partial charge in [-0.15, -0.1) is 0 Å². The summed E-state index contributed by atoms with van der Waals surface area (Å²) in [5, 5.41) is 2.94. The number of nitrogens with one attached hydrogen (secondary N) is 1. The highest BCUT2D eigenvalue weighted by Crippen LogP contribution is 2.31. The molecular formula is C24H34N4O4. The van der Waals surface area contributed by atoms with E-state index in [1.165, 1.54) is 4.90 Å². The summed E-state index contributed by atoms with van der Waals surface area (Å²) in [4.78, 5) is 43.9. The van der Waals surface area contributed by atoms with E-state index in [1.54, 1.807) is 14.0 Å². The Morgan fingerprint density at radius 2 is 1.88 bits per heavy atom. The van der Waals surface area contributed by atoms with E-state index in [4.69, 9.17) is 4.74 Å². The normalized spacial score (nSPS) is 22.2. The smallest absolute Gasteiger partial charge is 0.338 e. The van der Waals surface area contributed by atoms with Crippen molar-refractivity contribution >= 4 is 17.9 Å². The van der Waals surface area contributed by atoms with Gasteiger partial charge in [0, 0.05) is 50.9 Å². The zero-order valence-corrected chi connectivity index (χ0v) is 19.6. The van der Waals surface area contributed by atoms with Gasteiger partial charge in [0.05, 0.1) is 18.2 Å². The third-order valence-electron chi connectivity index (χ3n) is 6.07. The molecule has 3 amide bonds. The van der Waals surface area contributed by atoms with Crippen molar-refractivity contribution in [1.29, 1.82) is 0 Å². The van der Waals surface area contributed by atoms with Crippen LogP contribution >= 0.6 is 0 Å². The fourth-order valence-corrected chi connectivity index (χ4v) is 4.34. The van der Waals surface area contributed by atoms with Crippen LogP contribution in [0.1, 0.15) is 39.3 Å². The van der Waals surface area contributed by atoms with E-state index in [9.17, 15) is 14.4 Å². The molecule has 8 nitrogen and oxygen atoms in total. The van der Waals surface area contributed by atoms with Gasteiger partial charge in [-0.1, -0.05) is 44.2 Å². The first-order valence-corrected chi connectivity index (χ1v) is 11.3. The molecule has 174 valence electrons. The third kappa shape index (κ3) is 4.96. The number of carbonyl (C=O) groups excluding carboxylic acids is 3. The van der Waals surface area contributed by atoms with Crippen molar-refractivity contribution in [2.24, 2.45) is 5.92 Å². The molecule has 32 heavy (non-hydrogen) atoms. The fourth-order valence-electron chi connectivity index (χ4n) is 4.34. The molecule has 2 aliphatic rings. The second-order valence-corrected chi connectivity index (χ2v) is 8.70. The molecule has 0 unspecified atom stereocenters. The predicted molar refractivity (Wildman–Crippen MR) is 122 cm³/mol. The molecule has 2 aliphatic heterocycles. The summed E-state index contributed by atoms with van der Waals surface area (Å²) in [7, 11) is 1.67. The molecular weight excluding hydrogens is 408 g/mol. The summed E-state index contributed by atoms with van der Waals surface area (Å²) in [6.45, 7) is 10.3. The minimum atomic E-state index is -0.574. The molecule has 0 bridgehead atoms. The molecule has 0 saturated carbocycles. The van der Waals surface area contributed by atoms with Gasteiger partial charge in [0.2, 0.25) is 5.91 Å². The highest BCUT2D eigenvalue weighted by Gasteiger charge is 2.38. The molecule has 1 aromatic carbocycles. The molecule has 0 radical (unpaired) electrons. The monoisotopic (exact) mass is 442 g/mol. The van der Waals surface area contributed by atoms with E-state index < -0.39 is 12.0 Å². The van der Waals surface area contributed by atoms with E-state index >= 15 is 0 Å². The van der Waals surface area contributed by atoms with Crippen LogP contribution in [0, 0.1) is 5.92 Å². The van der Waals surface area contributed by atoms with Crippen LogP contribution in [0.15, 0.2) is 41.6 Å². The van der Waals surface area contributed by atoms with Crippen molar-refractivity contribution < 1.29 is 19.1 Å². The van der Waals surface area contributed by atoms with Gasteiger partial charge < -0.3 is 15.0 Å². The Labute approximate surface area is 190 Å². The van der Waals surface area contributed by atoms with Crippen molar-refractivity contribution in [2.75, 3.05) is 39.8 Å². The van der Waals surface area contributed by atoms with Gasteiger partial charge in [-0.3, -0.25) is 14.6 Å². The first kappa shape index (κ1) is 23.8. The largest absolute Gasteiger partial charge is 0.463 e. The maximum Gasteiger partial charge on any atom is 0.338 e. The Kier molecular flexibility index (Phi) is 7.56. The standard InChI is InChI=1S/C24H34N4O4/c1-6-32-23(30)20-19(15-27-12-13-28(17(4)14-27)22(29)16(2)3)26(5)24(31)25-21(20)18-10-8-7-9-11-18/h7-11,16-17,21H,6,12-15H2,1-5H3,(H,25,31)/t17-,21+/m1/s1. The lowest BCUT2D eigenvalue weighted by molar-refractivity contribution is -0.139. The second kappa shape index (κ2) is 10.2. The van der Waals surface area contributed by atoms with Gasteiger partial charge in [0.1, 0.15) is 0 Å². The maximum atomic E-state index is 13.0. The Morgan fingerprint density at radius 1 is 1.19 bits per heavy atom. The number of ether oxygens (including phenoxy) is 1. The van der Waals surface area contributed by atoms with Gasteiger partial charge >= 0.3 is 12.0 Å². The van der Waals surface area contributed by atoms with E-state index in [1.807, 2.05) is 56.0 Å². The maximum absolute atomic E-state index is 13.0. The van der Waals surface area contributed by atoms with Crippen LogP contribution < -0.4 is 5.32 Å². The van der Waals surface area contributed by atoms with Crippen LogP contribution in [-0.2, 0) is 14.3 Å². The Morgan fingerprint density at radius 3 is 2.47 bits per heavy atom. The van der Waals surface area contributed by atoms with E-state index in [-0.39, 0.29) is 30.5 Å². The number of hydrogen-bond donors (Lipinski definition) is 1. The van der Waals surface area contributed by atoms with Crippen LogP contribution in [0.25, 0.3) is 0 Å². The molecule has 3 rings (SSSR count). The fraction of sp³-hybridized carbons (Fsp3) is 0.542. The first-order chi connectivity index (χ1) is 15.2. The molecule has 0 aliphatic carbocycles. The van der Waals surface area contributed by atoms with Crippen molar-refractivity contribution in [3.8, 4) is 0 Å². The number of rotatable bonds is 6. The number of piperazine rings is 1. The lowest BCUT2D eigenvalue weighted by Crippen LogP contribution is -2.56. The van der Waals surface area contributed by atoms with Crippen LogP contribution in [0.2, 0.25) is 0 Å². The zero-order chi connectivity index (χ0) is 23.4. The quantitative estimate of drug-likeness (QED) is 0.684. The SMILES string of the molecule is CCOC(=O)C1=C(CN2CCN(C(=O)C(C)C)[C@H](C)C2)N(C)C(=O)N[C@H]1c1ccccc1. The summed E-state index contributed by atoms with van der Waals surface area (Å²) in [5.41, 5.74) is 1.92. The van der Waals surface area contributed by atoms with Gasteiger partial charge in [0.15, 0.2) is 0 Å². The van der Waals surface area contributed by atoms with E-state index in [0.717, 1.165) is 5.56 Å². The van der Waals surface area contributed by atoms with Crippen LogP contribution in [0.4, 0.5) is 4.79 Å². The van der Waals surface area contributed by atoms with Crippen molar-refractivity contribution in [1.82, 2.24) is 20.0 Å². The molecule has 1 saturated heterocycles. The van der Waals surface area contributed by atoms with Crippen LogP contribution in [-0.4, -0.2) is 78.5 Å². The number of likely N-dealkylation sites (N-methyl/N-ethyl adjacent to an activating group) is 1. The molecule has 1 fully saturated rings. The number of carbonyl (C=O) groups is 3. The predicted octanol–water partition coefficient (Wildman–Crippen LogP) is 2.39. The first-order valence-electron chi connectivity index (χ1n) is 11.3. The number of urea groups is 1. The molecule has 1 N–H and O–H groups in total. The molecule has 1 aromatic rings. The lowest BCUT2D eigenvalue weighted by Gasteiger charge is -2.42. The van der Waals surface area contributed by atoms with Crippen molar-refractivity contribution in [3.05, 3.63) is 47.2 Å². The number of esters is 1. The molecule has 2 heterocycles. The number of hydrogen-bond acceptors (Lipinski definition) is 5. The van der Waals surface area contributed by atoms with Gasteiger partial charge in [0.25, 0.3) is 0 Å². The van der Waals surface area contributed by atoms with Crippen molar-refractivity contribution in [2.45, 2.75) is 39.8 Å². The summed E-state index contributed by atoms with van der Waals surface area (Å²) in [5.74, 6) is -0.311. The average Bonchev–Trinajstić information content (AvgIpc) is 2.77. The van der Waals surface area contributed by atoms with Crippen molar-refractivity contribution in [3.63, 3.8) is 0 Å². The lowest BCUT2D eigenvalue weighted by atomic mass is 9.94. The molecule has 0 spiro atoms. The number of nitrogens with zero attached hydrogens (tertiary/aromatic N) is 3. The van der Waals surface area contributed by atoms with E-state index in [2.05, 4.69) is 10.2 Å². The summed E-state index contributed by atoms with van der Waals surface area (Å²) < 4.78 is 5.39. The van der Waals surface area contributed by atoms with Gasteiger partial charge in [-0.05, 0) is 19.4 Å². The zero-order valence-electron chi connectivity index (χ0n) is 19.6. The highest BCUT2D eigenvalue weighted by molar-refractivity contribution is 5.95. The molecule has 2 atom stereocenters. The van der Waals surface area contributed by atoms with Gasteiger partial charge in [-0.25, -0.2) is 9.59 Å². The molecule has 8 heteroatoms. The topological polar surface area (TPSA) is 82.2 Å². The minimum Gasteiger partial charge on any atom is -0.463 e. The summed E-state index contributed by atoms with van der Waals surface area (Å²) in [6, 6.07) is 8.67. The Bertz CT molecular complexity index is 883. The Balaban J connectivity index is 1.92. The summed E-state index contributed by atoms with van der Waals surface area (Å²) in [6.07, 6.45) is 0. The third-order valence-corrected chi connectivity index (χ3v) is 6.07. The average molecular weight is 443 g/mol. The highest BCUT2D eigenvalue weighted by atomic mass is 16.5. The van der Waals surface area contributed by atoms with E-state index in [0.29, 0.717) is 37.4 Å². The number of amides is 3. The Hall–Kier alpha value is -2.87. The summed E-state index contributed by atoms with van der Waals surface area (Å²) >= 11 is 0. The molecule has 0 aromatic heterocycles. The minimum absolute atomic E-state index is 0.0399. The number of benzene rings is 1. The van der Waals surface area contributed by atoms with Gasteiger partial charge in [-0.2, -0.15) is 0 Å². The van der Waals surface area contributed by atoms with Crippen LogP contribution in [0.5, 0.6) is 0 Å². The second-order valence-electron chi connectivity index (χ2n) is 8.70.